The summed E-state index contributed by atoms with van der Waals surface area (Å²) in [5.74, 6) is -0.847. The molecule has 0 aromatic heterocycles. The van der Waals surface area contributed by atoms with Crippen molar-refractivity contribution in [1.82, 2.24) is 0 Å². The first-order valence-electron chi connectivity index (χ1n) is 34.8. The number of hydrogen-bond donors (Lipinski definition) is 0. The lowest BCUT2D eigenvalue weighted by Gasteiger charge is -2.18. The fourth-order valence-corrected chi connectivity index (χ4v) is 10.7. The molecular formula is C71H134O6. The summed E-state index contributed by atoms with van der Waals surface area (Å²) < 4.78 is 16.9. The van der Waals surface area contributed by atoms with Crippen LogP contribution in [0, 0.1) is 0 Å². The standard InChI is InChI=1S/C71H134O6/c1-4-7-10-13-16-18-20-22-24-26-28-30-32-33-34-35-36-37-39-40-42-44-46-48-50-52-55-58-61-64-70(73)76-67-68(66-75-69(72)63-60-57-54-15-12-9-6-3)77-71(74)65-62-59-56-53-51-49-47-45-43-41-38-31-29-27-25-23-21-19-17-14-11-8-5-2/h26-29,68H,4-25,30-67H2,1-3H3/b28-26-,29-27-. The fourth-order valence-electron chi connectivity index (χ4n) is 10.7. The molecule has 0 amide bonds. The molecule has 1 atom stereocenters. The summed E-state index contributed by atoms with van der Waals surface area (Å²) in [6.45, 7) is 6.67. The van der Waals surface area contributed by atoms with Crippen molar-refractivity contribution in [3.8, 4) is 0 Å². The molecule has 0 N–H and O–H groups in total. The van der Waals surface area contributed by atoms with E-state index in [4.69, 9.17) is 14.2 Å². The minimum absolute atomic E-state index is 0.0660. The molecule has 454 valence electrons. The molecule has 0 radical (unpaired) electrons. The van der Waals surface area contributed by atoms with Crippen molar-refractivity contribution >= 4 is 17.9 Å². The van der Waals surface area contributed by atoms with Crippen LogP contribution in [0.3, 0.4) is 0 Å². The van der Waals surface area contributed by atoms with Crippen LogP contribution in [0.25, 0.3) is 0 Å². The summed E-state index contributed by atoms with van der Waals surface area (Å²) in [7, 11) is 0. The molecule has 6 heteroatoms. The molecule has 0 saturated heterocycles. The smallest absolute Gasteiger partial charge is 0.306 e. The van der Waals surface area contributed by atoms with E-state index in [0.717, 1.165) is 57.8 Å². The Hall–Kier alpha value is -2.11. The first-order valence-corrected chi connectivity index (χ1v) is 34.8. The van der Waals surface area contributed by atoms with Crippen LogP contribution < -0.4 is 0 Å². The molecule has 0 spiro atoms. The number of carbonyl (C=O) groups excluding carboxylic acids is 3. The summed E-state index contributed by atoms with van der Waals surface area (Å²) >= 11 is 0. The lowest BCUT2D eigenvalue weighted by molar-refractivity contribution is -0.167. The Morgan fingerprint density at radius 1 is 0.247 bits per heavy atom. The lowest BCUT2D eigenvalue weighted by Crippen LogP contribution is -2.30. The van der Waals surface area contributed by atoms with E-state index in [-0.39, 0.29) is 31.1 Å². The van der Waals surface area contributed by atoms with Gasteiger partial charge in [-0.15, -0.1) is 0 Å². The number of hydrogen-bond acceptors (Lipinski definition) is 6. The molecule has 0 aliphatic carbocycles. The summed E-state index contributed by atoms with van der Waals surface area (Å²) in [5.41, 5.74) is 0. The Morgan fingerprint density at radius 2 is 0.429 bits per heavy atom. The molecule has 6 nitrogen and oxygen atoms in total. The van der Waals surface area contributed by atoms with Gasteiger partial charge in [0.1, 0.15) is 13.2 Å². The Kier molecular flexibility index (Phi) is 64.6. The highest BCUT2D eigenvalue weighted by Crippen LogP contribution is 2.18. The zero-order valence-corrected chi connectivity index (χ0v) is 52.3. The summed E-state index contributed by atoms with van der Waals surface area (Å²) in [6.07, 6.45) is 81.0. The third kappa shape index (κ3) is 64.6. The van der Waals surface area contributed by atoms with E-state index < -0.39 is 6.10 Å². The minimum atomic E-state index is -0.766. The van der Waals surface area contributed by atoms with Crippen molar-refractivity contribution in [2.45, 2.75) is 399 Å². The van der Waals surface area contributed by atoms with Crippen LogP contribution in [-0.4, -0.2) is 37.2 Å². The van der Waals surface area contributed by atoms with Gasteiger partial charge in [0.15, 0.2) is 6.10 Å². The van der Waals surface area contributed by atoms with Crippen molar-refractivity contribution in [2.75, 3.05) is 13.2 Å². The van der Waals surface area contributed by atoms with E-state index in [2.05, 4.69) is 45.1 Å². The molecule has 0 aliphatic rings. The van der Waals surface area contributed by atoms with Crippen molar-refractivity contribution in [3.63, 3.8) is 0 Å². The quantitative estimate of drug-likeness (QED) is 0.0261. The number of rotatable bonds is 65. The second-order valence-corrected chi connectivity index (χ2v) is 23.8. The Morgan fingerprint density at radius 3 is 0.649 bits per heavy atom. The minimum Gasteiger partial charge on any atom is -0.462 e. The SMILES string of the molecule is CCCCCCCCCC/C=C\CCCCCCCCCCCCCCCCCCCC(=O)OCC(COC(=O)CCCCCCCCC)OC(=O)CCCCCCCCCCCCC/C=C\CCCCCCCCCC. The van der Waals surface area contributed by atoms with Crippen molar-refractivity contribution < 1.29 is 28.6 Å². The highest BCUT2D eigenvalue weighted by molar-refractivity contribution is 5.71. The molecule has 0 aromatic rings. The number of carbonyl (C=O) groups is 3. The van der Waals surface area contributed by atoms with Crippen molar-refractivity contribution in [2.24, 2.45) is 0 Å². The Labute approximate surface area is 481 Å². The van der Waals surface area contributed by atoms with Gasteiger partial charge in [0.2, 0.25) is 0 Å². The molecule has 0 aromatic carbocycles. The van der Waals surface area contributed by atoms with Crippen LogP contribution in [0.1, 0.15) is 393 Å². The predicted molar refractivity (Wildman–Crippen MR) is 335 cm³/mol. The Bertz CT molecular complexity index is 1240. The molecule has 0 saturated carbocycles. The number of ether oxygens (including phenoxy) is 3. The van der Waals surface area contributed by atoms with Gasteiger partial charge < -0.3 is 14.2 Å². The summed E-state index contributed by atoms with van der Waals surface area (Å²) in [6, 6.07) is 0. The van der Waals surface area contributed by atoms with Crippen molar-refractivity contribution in [3.05, 3.63) is 24.3 Å². The first kappa shape index (κ1) is 74.9. The molecular weight excluding hydrogens is 949 g/mol. The van der Waals surface area contributed by atoms with E-state index in [1.54, 1.807) is 0 Å². The van der Waals surface area contributed by atoms with Gasteiger partial charge >= 0.3 is 17.9 Å². The van der Waals surface area contributed by atoms with Gasteiger partial charge in [0, 0.05) is 19.3 Å². The average Bonchev–Trinajstić information content (AvgIpc) is 3.43. The third-order valence-corrected chi connectivity index (χ3v) is 15.9. The molecule has 0 rings (SSSR count). The predicted octanol–water partition coefficient (Wildman–Crippen LogP) is 23.8. The van der Waals surface area contributed by atoms with Gasteiger partial charge in [-0.2, -0.15) is 0 Å². The zero-order valence-electron chi connectivity index (χ0n) is 52.3. The van der Waals surface area contributed by atoms with Crippen LogP contribution in [0.5, 0.6) is 0 Å². The lowest BCUT2D eigenvalue weighted by atomic mass is 10.0. The fraction of sp³-hybridized carbons (Fsp3) is 0.901. The Balaban J connectivity index is 4.02. The second-order valence-electron chi connectivity index (χ2n) is 23.8. The normalized spacial score (nSPS) is 12.1. The van der Waals surface area contributed by atoms with Gasteiger partial charge in [-0.05, 0) is 70.6 Å². The van der Waals surface area contributed by atoms with E-state index in [9.17, 15) is 14.4 Å². The van der Waals surface area contributed by atoms with E-state index >= 15 is 0 Å². The topological polar surface area (TPSA) is 78.9 Å². The maximum absolute atomic E-state index is 12.9. The molecule has 77 heavy (non-hydrogen) atoms. The molecule has 0 aliphatic heterocycles. The summed E-state index contributed by atoms with van der Waals surface area (Å²) in [5, 5.41) is 0. The van der Waals surface area contributed by atoms with Crippen LogP contribution in [0.4, 0.5) is 0 Å². The molecule has 0 heterocycles. The van der Waals surface area contributed by atoms with Gasteiger partial charge in [0.25, 0.3) is 0 Å². The van der Waals surface area contributed by atoms with E-state index in [1.807, 2.05) is 0 Å². The van der Waals surface area contributed by atoms with Crippen LogP contribution in [0.15, 0.2) is 24.3 Å². The van der Waals surface area contributed by atoms with Crippen LogP contribution >= 0.6 is 0 Å². The molecule has 0 bridgehead atoms. The largest absolute Gasteiger partial charge is 0.462 e. The number of allylic oxidation sites excluding steroid dienone is 4. The first-order chi connectivity index (χ1) is 38.0. The molecule has 1 unspecified atom stereocenters. The maximum atomic E-state index is 12.9. The van der Waals surface area contributed by atoms with Crippen LogP contribution in [0.2, 0.25) is 0 Å². The van der Waals surface area contributed by atoms with Crippen molar-refractivity contribution in [1.29, 1.82) is 0 Å². The van der Waals surface area contributed by atoms with Crippen LogP contribution in [-0.2, 0) is 28.6 Å². The van der Waals surface area contributed by atoms with Gasteiger partial charge in [-0.1, -0.05) is 328 Å². The highest BCUT2D eigenvalue weighted by atomic mass is 16.6. The van der Waals surface area contributed by atoms with E-state index in [1.165, 1.54) is 295 Å². The zero-order chi connectivity index (χ0) is 55.7. The molecule has 0 fully saturated rings. The van der Waals surface area contributed by atoms with Gasteiger partial charge in [-0.3, -0.25) is 14.4 Å². The number of unbranched alkanes of at least 4 members (excludes halogenated alkanes) is 50. The van der Waals surface area contributed by atoms with Gasteiger partial charge in [0.05, 0.1) is 0 Å². The summed E-state index contributed by atoms with van der Waals surface area (Å²) in [4.78, 5) is 38.1. The number of esters is 3. The monoisotopic (exact) mass is 1080 g/mol. The maximum Gasteiger partial charge on any atom is 0.306 e. The highest BCUT2D eigenvalue weighted by Gasteiger charge is 2.19. The van der Waals surface area contributed by atoms with Gasteiger partial charge in [-0.25, -0.2) is 0 Å². The third-order valence-electron chi connectivity index (χ3n) is 15.9. The second kappa shape index (κ2) is 66.4. The average molecular weight is 1080 g/mol. The van der Waals surface area contributed by atoms with E-state index in [0.29, 0.717) is 19.3 Å².